The fourth-order valence-electron chi connectivity index (χ4n) is 2.80. The maximum absolute atomic E-state index is 11.6. The maximum Gasteiger partial charge on any atom is 0.221 e. The highest BCUT2D eigenvalue weighted by atomic mass is 32.1. The van der Waals surface area contributed by atoms with Gasteiger partial charge in [-0.25, -0.2) is 9.97 Å². The molecule has 1 amide bonds. The Kier molecular flexibility index (Phi) is 3.67. The second-order valence-electron chi connectivity index (χ2n) is 5.45. The van der Waals surface area contributed by atoms with E-state index in [1.807, 2.05) is 41.8 Å². The summed E-state index contributed by atoms with van der Waals surface area (Å²) in [5.41, 5.74) is 0.935. The van der Waals surface area contributed by atoms with Crippen molar-refractivity contribution in [2.24, 2.45) is 0 Å². The first-order chi connectivity index (χ1) is 11.3. The molecule has 1 N–H and O–H groups in total. The molecule has 0 radical (unpaired) electrons. The summed E-state index contributed by atoms with van der Waals surface area (Å²) in [6.07, 6.45) is 0.493. The van der Waals surface area contributed by atoms with Gasteiger partial charge in [-0.15, -0.1) is 11.3 Å². The van der Waals surface area contributed by atoms with Gasteiger partial charge in [0.05, 0.1) is 10.4 Å². The molecule has 1 aromatic carbocycles. The van der Waals surface area contributed by atoms with Crippen molar-refractivity contribution in [3.63, 3.8) is 0 Å². The molecule has 1 fully saturated rings. The quantitative estimate of drug-likeness (QED) is 0.787. The number of hydrogen-bond donors (Lipinski definition) is 1. The number of para-hydroxylation sites is 1. The van der Waals surface area contributed by atoms with E-state index in [9.17, 15) is 4.79 Å². The van der Waals surface area contributed by atoms with Gasteiger partial charge in [-0.3, -0.25) is 4.79 Å². The molecule has 1 saturated heterocycles. The third kappa shape index (κ3) is 2.77. The Balaban J connectivity index is 1.85. The summed E-state index contributed by atoms with van der Waals surface area (Å²) in [4.78, 5) is 24.4. The summed E-state index contributed by atoms with van der Waals surface area (Å²) in [5, 5.41) is 5.97. The highest BCUT2D eigenvalue weighted by Crippen LogP contribution is 2.29. The summed E-state index contributed by atoms with van der Waals surface area (Å²) in [6.45, 7) is 2.08. The molecule has 1 aliphatic rings. The molecule has 2 aromatic heterocycles. The molecule has 0 bridgehead atoms. The number of benzene rings is 1. The van der Waals surface area contributed by atoms with Gasteiger partial charge in [-0.05, 0) is 23.6 Å². The number of amides is 1. The lowest BCUT2D eigenvalue weighted by Crippen LogP contribution is -2.29. The second kappa shape index (κ2) is 5.96. The number of thiophene rings is 1. The van der Waals surface area contributed by atoms with Crippen LogP contribution in [0.4, 0.5) is 5.82 Å². The molecule has 0 unspecified atom stereocenters. The minimum absolute atomic E-state index is 0.101. The Morgan fingerprint density at radius 3 is 2.87 bits per heavy atom. The maximum atomic E-state index is 11.6. The molecule has 3 heterocycles. The average Bonchev–Trinajstić information content (AvgIpc) is 3.03. The number of aromatic nitrogens is 2. The number of nitrogens with zero attached hydrogens (tertiary/aromatic N) is 3. The highest BCUT2D eigenvalue weighted by molar-refractivity contribution is 7.13. The van der Waals surface area contributed by atoms with E-state index >= 15 is 0 Å². The minimum atomic E-state index is 0.101. The molecule has 0 atom stereocenters. The first kappa shape index (κ1) is 14.1. The van der Waals surface area contributed by atoms with E-state index in [0.29, 0.717) is 19.5 Å². The topological polar surface area (TPSA) is 58.1 Å². The lowest BCUT2D eigenvalue weighted by molar-refractivity contribution is -0.120. The van der Waals surface area contributed by atoms with Crippen LogP contribution in [0.5, 0.6) is 0 Å². The van der Waals surface area contributed by atoms with Crippen molar-refractivity contribution >= 4 is 34.0 Å². The second-order valence-corrected chi connectivity index (χ2v) is 6.40. The van der Waals surface area contributed by atoms with Crippen LogP contribution >= 0.6 is 11.3 Å². The van der Waals surface area contributed by atoms with E-state index < -0.39 is 0 Å². The van der Waals surface area contributed by atoms with E-state index in [4.69, 9.17) is 9.97 Å². The molecule has 0 spiro atoms. The summed E-state index contributed by atoms with van der Waals surface area (Å²) < 4.78 is 0. The van der Waals surface area contributed by atoms with Crippen molar-refractivity contribution in [1.29, 1.82) is 0 Å². The van der Waals surface area contributed by atoms with Gasteiger partial charge in [0.15, 0.2) is 5.82 Å². The van der Waals surface area contributed by atoms with Crippen LogP contribution in [0.3, 0.4) is 0 Å². The van der Waals surface area contributed by atoms with E-state index in [-0.39, 0.29) is 5.91 Å². The van der Waals surface area contributed by atoms with Crippen LogP contribution in [0.2, 0.25) is 0 Å². The van der Waals surface area contributed by atoms with E-state index in [1.54, 1.807) is 11.3 Å². The van der Waals surface area contributed by atoms with Crippen LogP contribution in [-0.2, 0) is 4.79 Å². The van der Waals surface area contributed by atoms with E-state index in [2.05, 4.69) is 10.2 Å². The Morgan fingerprint density at radius 2 is 2.00 bits per heavy atom. The van der Waals surface area contributed by atoms with Gasteiger partial charge >= 0.3 is 0 Å². The van der Waals surface area contributed by atoms with Gasteiger partial charge in [0, 0.05) is 31.4 Å². The highest BCUT2D eigenvalue weighted by Gasteiger charge is 2.19. The normalized spacial score (nSPS) is 15.5. The molecule has 0 saturated carbocycles. The van der Waals surface area contributed by atoms with Crippen LogP contribution in [0, 0.1) is 0 Å². The van der Waals surface area contributed by atoms with Crippen molar-refractivity contribution in [2.75, 3.05) is 24.5 Å². The fourth-order valence-corrected chi connectivity index (χ4v) is 3.45. The monoisotopic (exact) mass is 324 g/mol. The predicted octanol–water partition coefficient (Wildman–Crippen LogP) is 2.68. The number of carbonyl (C=O) groups excluding carboxylic acids is 1. The lowest BCUT2D eigenvalue weighted by atomic mass is 10.2. The van der Waals surface area contributed by atoms with E-state index in [1.165, 1.54) is 0 Å². The molecule has 116 valence electrons. The predicted molar refractivity (Wildman–Crippen MR) is 92.7 cm³/mol. The first-order valence-corrected chi connectivity index (χ1v) is 8.51. The third-order valence-corrected chi connectivity index (χ3v) is 4.80. The van der Waals surface area contributed by atoms with Crippen molar-refractivity contribution in [3.05, 3.63) is 41.8 Å². The Labute approximate surface area is 138 Å². The van der Waals surface area contributed by atoms with Crippen LogP contribution in [0.1, 0.15) is 6.42 Å². The van der Waals surface area contributed by atoms with Gasteiger partial charge < -0.3 is 10.2 Å². The summed E-state index contributed by atoms with van der Waals surface area (Å²) in [5.74, 6) is 1.76. The van der Waals surface area contributed by atoms with Gasteiger partial charge in [0.2, 0.25) is 5.91 Å². The zero-order valence-electron chi connectivity index (χ0n) is 12.5. The van der Waals surface area contributed by atoms with Crippen molar-refractivity contribution < 1.29 is 4.79 Å². The largest absolute Gasteiger partial charge is 0.354 e. The van der Waals surface area contributed by atoms with Crippen molar-refractivity contribution in [2.45, 2.75) is 6.42 Å². The SMILES string of the molecule is O=C1CCN(c2nc(-c3cccs3)nc3ccccc23)CCN1. The minimum Gasteiger partial charge on any atom is -0.354 e. The zero-order valence-corrected chi connectivity index (χ0v) is 13.3. The number of rotatable bonds is 2. The lowest BCUT2D eigenvalue weighted by Gasteiger charge is -2.22. The van der Waals surface area contributed by atoms with Gasteiger partial charge in [-0.1, -0.05) is 18.2 Å². The summed E-state index contributed by atoms with van der Waals surface area (Å²) in [7, 11) is 0. The molecule has 6 heteroatoms. The van der Waals surface area contributed by atoms with Gasteiger partial charge in [0.25, 0.3) is 0 Å². The average molecular weight is 324 g/mol. The molecule has 0 aliphatic carbocycles. The summed E-state index contributed by atoms with van der Waals surface area (Å²) >= 11 is 1.63. The number of fused-ring (bicyclic) bond motifs is 1. The molecule has 3 aromatic rings. The summed E-state index contributed by atoms with van der Waals surface area (Å²) in [6, 6.07) is 12.1. The molecule has 23 heavy (non-hydrogen) atoms. The zero-order chi connectivity index (χ0) is 15.6. The molecule has 1 aliphatic heterocycles. The van der Waals surface area contributed by atoms with Crippen molar-refractivity contribution in [3.8, 4) is 10.7 Å². The van der Waals surface area contributed by atoms with E-state index in [0.717, 1.165) is 34.0 Å². The fraction of sp³-hybridized carbons (Fsp3) is 0.235. The van der Waals surface area contributed by atoms with Crippen molar-refractivity contribution in [1.82, 2.24) is 15.3 Å². The molecular weight excluding hydrogens is 308 g/mol. The van der Waals surface area contributed by atoms with Crippen LogP contribution in [0.25, 0.3) is 21.6 Å². The number of carbonyl (C=O) groups is 1. The molecule has 4 rings (SSSR count). The van der Waals surface area contributed by atoms with Crippen LogP contribution in [-0.4, -0.2) is 35.5 Å². The Bertz CT molecular complexity index is 847. The number of anilines is 1. The number of nitrogens with one attached hydrogen (secondary N) is 1. The molecular formula is C17H16N4OS. The molecule has 5 nitrogen and oxygen atoms in total. The van der Waals surface area contributed by atoms with Crippen LogP contribution < -0.4 is 10.2 Å². The third-order valence-electron chi connectivity index (χ3n) is 3.94. The first-order valence-electron chi connectivity index (χ1n) is 7.63. The standard InChI is InChI=1S/C17H16N4OS/c22-15-7-9-21(10-8-18-15)17-12-4-1-2-5-13(12)19-16(20-17)14-6-3-11-23-14/h1-6,11H,7-10H2,(H,18,22). The number of hydrogen-bond acceptors (Lipinski definition) is 5. The van der Waals surface area contributed by atoms with Crippen LogP contribution in [0.15, 0.2) is 41.8 Å². The smallest absolute Gasteiger partial charge is 0.221 e. The van der Waals surface area contributed by atoms with Gasteiger partial charge in [0.1, 0.15) is 5.82 Å². The Hall–Kier alpha value is -2.47. The van der Waals surface area contributed by atoms with Gasteiger partial charge in [-0.2, -0.15) is 0 Å². The Morgan fingerprint density at radius 1 is 1.09 bits per heavy atom.